The van der Waals surface area contributed by atoms with Crippen molar-refractivity contribution in [3.8, 4) is 0 Å². The molecule has 0 bridgehead atoms. The normalized spacial score (nSPS) is 14.6. The van der Waals surface area contributed by atoms with E-state index in [1.807, 2.05) is 47.4 Å². The predicted molar refractivity (Wildman–Crippen MR) is 125 cm³/mol. The van der Waals surface area contributed by atoms with Gasteiger partial charge >= 0.3 is 5.97 Å². The second kappa shape index (κ2) is 9.61. The monoisotopic (exact) mass is 413 g/mol. The van der Waals surface area contributed by atoms with Gasteiger partial charge in [0.2, 0.25) is 5.91 Å². The third-order valence-electron chi connectivity index (χ3n) is 5.91. The first-order valence-corrected chi connectivity index (χ1v) is 10.8. The zero-order valence-electron chi connectivity index (χ0n) is 17.8. The molecule has 4 rings (SSSR count). The molecule has 0 saturated heterocycles. The lowest BCUT2D eigenvalue weighted by Gasteiger charge is -2.30. The van der Waals surface area contributed by atoms with Crippen LogP contribution in [0.1, 0.15) is 37.7 Å². The number of benzene rings is 3. The van der Waals surface area contributed by atoms with Crippen molar-refractivity contribution in [3.63, 3.8) is 0 Å². The molecule has 0 spiro atoms. The molecule has 0 atom stereocenters. The molecule has 3 aromatic carbocycles. The molecule has 1 amide bonds. The summed E-state index contributed by atoms with van der Waals surface area (Å²) in [5.41, 5.74) is 2.51. The Hall–Kier alpha value is -3.40. The van der Waals surface area contributed by atoms with Crippen molar-refractivity contribution in [2.24, 2.45) is 5.92 Å². The minimum Gasteiger partial charge on any atom is -0.466 e. The first-order valence-electron chi connectivity index (χ1n) is 10.8. The van der Waals surface area contributed by atoms with E-state index in [4.69, 9.17) is 0 Å². The maximum atomic E-state index is 13.7. The van der Waals surface area contributed by atoms with E-state index in [9.17, 15) is 9.59 Å². The standard InChI is InChI=1S/C27H27NO3/c1-31-26(29)17-14-20-8-7-13-24(18-20)28(27(30)22-10-3-2-4-11-22)25-16-15-21-9-5-6-12-23(21)19-25/h5-9,12-19,22H,2-4,10-11H2,1H3/b17-14+. The summed E-state index contributed by atoms with van der Waals surface area (Å²) in [7, 11) is 1.35. The summed E-state index contributed by atoms with van der Waals surface area (Å²) in [5, 5.41) is 2.24. The molecule has 0 aromatic heterocycles. The minimum atomic E-state index is -0.407. The van der Waals surface area contributed by atoms with E-state index in [0.29, 0.717) is 0 Å². The molecule has 1 aliphatic carbocycles. The number of hydrogen-bond donors (Lipinski definition) is 0. The van der Waals surface area contributed by atoms with Crippen LogP contribution in [0, 0.1) is 5.92 Å². The van der Waals surface area contributed by atoms with Gasteiger partial charge in [-0.05, 0) is 59.5 Å². The molecular formula is C27H27NO3. The van der Waals surface area contributed by atoms with Gasteiger partial charge in [-0.3, -0.25) is 9.69 Å². The topological polar surface area (TPSA) is 46.6 Å². The van der Waals surface area contributed by atoms with Gasteiger partial charge in [-0.1, -0.05) is 61.7 Å². The van der Waals surface area contributed by atoms with Gasteiger partial charge in [0, 0.05) is 23.4 Å². The Morgan fingerprint density at radius 2 is 1.61 bits per heavy atom. The van der Waals surface area contributed by atoms with Crippen LogP contribution in [-0.4, -0.2) is 19.0 Å². The first kappa shape index (κ1) is 20.9. The second-order valence-corrected chi connectivity index (χ2v) is 7.99. The fourth-order valence-corrected chi connectivity index (χ4v) is 4.25. The van der Waals surface area contributed by atoms with E-state index in [0.717, 1.165) is 53.4 Å². The van der Waals surface area contributed by atoms with Gasteiger partial charge in [-0.15, -0.1) is 0 Å². The number of amides is 1. The van der Waals surface area contributed by atoms with Gasteiger partial charge in [0.25, 0.3) is 0 Å². The quantitative estimate of drug-likeness (QED) is 0.366. The summed E-state index contributed by atoms with van der Waals surface area (Å²) in [6, 6.07) is 22.0. The molecule has 4 heteroatoms. The van der Waals surface area contributed by atoms with E-state index in [1.165, 1.54) is 19.6 Å². The fourth-order valence-electron chi connectivity index (χ4n) is 4.25. The molecule has 0 aliphatic heterocycles. The molecule has 158 valence electrons. The van der Waals surface area contributed by atoms with Crippen LogP contribution in [0.3, 0.4) is 0 Å². The number of hydrogen-bond acceptors (Lipinski definition) is 3. The Morgan fingerprint density at radius 1 is 0.871 bits per heavy atom. The molecule has 0 radical (unpaired) electrons. The van der Waals surface area contributed by atoms with Crippen molar-refractivity contribution in [1.82, 2.24) is 0 Å². The van der Waals surface area contributed by atoms with Gasteiger partial charge in [0.15, 0.2) is 0 Å². The number of rotatable bonds is 5. The maximum Gasteiger partial charge on any atom is 0.330 e. The van der Waals surface area contributed by atoms with Gasteiger partial charge < -0.3 is 4.74 Å². The van der Waals surface area contributed by atoms with E-state index in [1.54, 1.807) is 6.08 Å². The van der Waals surface area contributed by atoms with Crippen LogP contribution in [0.5, 0.6) is 0 Å². The highest BCUT2D eigenvalue weighted by atomic mass is 16.5. The summed E-state index contributed by atoms with van der Waals surface area (Å²) in [5.74, 6) is -0.228. The summed E-state index contributed by atoms with van der Waals surface area (Å²) >= 11 is 0. The number of nitrogens with zero attached hydrogens (tertiary/aromatic N) is 1. The van der Waals surface area contributed by atoms with Gasteiger partial charge in [0.1, 0.15) is 0 Å². The van der Waals surface area contributed by atoms with Crippen LogP contribution in [-0.2, 0) is 14.3 Å². The van der Waals surface area contributed by atoms with Crippen molar-refractivity contribution in [2.75, 3.05) is 12.0 Å². The zero-order chi connectivity index (χ0) is 21.6. The summed E-state index contributed by atoms with van der Waals surface area (Å²) < 4.78 is 4.69. The number of ether oxygens (including phenoxy) is 1. The lowest BCUT2D eigenvalue weighted by molar-refractivity contribution is -0.134. The van der Waals surface area contributed by atoms with Crippen molar-refractivity contribution >= 4 is 40.1 Å². The molecular weight excluding hydrogens is 386 g/mol. The van der Waals surface area contributed by atoms with Crippen molar-refractivity contribution < 1.29 is 14.3 Å². The van der Waals surface area contributed by atoms with E-state index >= 15 is 0 Å². The molecule has 3 aromatic rings. The molecule has 0 N–H and O–H groups in total. The maximum absolute atomic E-state index is 13.7. The highest BCUT2D eigenvalue weighted by molar-refractivity contribution is 6.03. The van der Waals surface area contributed by atoms with Crippen LogP contribution in [0.15, 0.2) is 72.8 Å². The molecule has 0 heterocycles. The Bertz CT molecular complexity index is 1110. The highest BCUT2D eigenvalue weighted by Crippen LogP contribution is 2.34. The lowest BCUT2D eigenvalue weighted by Crippen LogP contribution is -2.33. The van der Waals surface area contributed by atoms with E-state index in [2.05, 4.69) is 29.0 Å². The van der Waals surface area contributed by atoms with Gasteiger partial charge in [0.05, 0.1) is 7.11 Å². The molecule has 31 heavy (non-hydrogen) atoms. The van der Waals surface area contributed by atoms with Crippen LogP contribution in [0.2, 0.25) is 0 Å². The third-order valence-corrected chi connectivity index (χ3v) is 5.91. The number of carbonyl (C=O) groups is 2. The average molecular weight is 414 g/mol. The van der Waals surface area contributed by atoms with Gasteiger partial charge in [-0.25, -0.2) is 4.79 Å². The number of methoxy groups -OCH3 is 1. The number of esters is 1. The molecule has 4 nitrogen and oxygen atoms in total. The van der Waals surface area contributed by atoms with Crippen molar-refractivity contribution in [1.29, 1.82) is 0 Å². The predicted octanol–water partition coefficient (Wildman–Crippen LogP) is 6.27. The van der Waals surface area contributed by atoms with Crippen molar-refractivity contribution in [2.45, 2.75) is 32.1 Å². The molecule has 1 fully saturated rings. The van der Waals surface area contributed by atoms with Crippen LogP contribution >= 0.6 is 0 Å². The van der Waals surface area contributed by atoms with Crippen LogP contribution in [0.4, 0.5) is 11.4 Å². The fraction of sp³-hybridized carbons (Fsp3) is 0.259. The lowest BCUT2D eigenvalue weighted by atomic mass is 9.88. The summed E-state index contributed by atoms with van der Waals surface area (Å²) in [6.07, 6.45) is 8.37. The number of anilines is 2. The summed E-state index contributed by atoms with van der Waals surface area (Å²) in [4.78, 5) is 27.0. The molecule has 1 aliphatic rings. The number of carbonyl (C=O) groups excluding carboxylic acids is 2. The minimum absolute atomic E-state index is 0.0366. The summed E-state index contributed by atoms with van der Waals surface area (Å²) in [6.45, 7) is 0. The smallest absolute Gasteiger partial charge is 0.330 e. The largest absolute Gasteiger partial charge is 0.466 e. The SMILES string of the molecule is COC(=O)/C=C/c1cccc(N(C(=O)C2CCCCC2)c2ccc3ccccc3c2)c1. The zero-order valence-corrected chi connectivity index (χ0v) is 17.8. The Labute approximate surface area is 183 Å². The first-order chi connectivity index (χ1) is 15.2. The third kappa shape index (κ3) is 4.85. The average Bonchev–Trinajstić information content (AvgIpc) is 2.83. The highest BCUT2D eigenvalue weighted by Gasteiger charge is 2.28. The van der Waals surface area contributed by atoms with E-state index in [-0.39, 0.29) is 11.8 Å². The Balaban J connectivity index is 1.75. The Kier molecular flexibility index (Phi) is 6.46. The second-order valence-electron chi connectivity index (χ2n) is 7.99. The van der Waals surface area contributed by atoms with Crippen LogP contribution < -0.4 is 4.90 Å². The Morgan fingerprint density at radius 3 is 2.39 bits per heavy atom. The number of fused-ring (bicyclic) bond motifs is 1. The van der Waals surface area contributed by atoms with Crippen molar-refractivity contribution in [3.05, 3.63) is 78.4 Å². The molecule has 0 unspecified atom stereocenters. The van der Waals surface area contributed by atoms with Gasteiger partial charge in [-0.2, -0.15) is 0 Å². The van der Waals surface area contributed by atoms with E-state index < -0.39 is 5.97 Å². The van der Waals surface area contributed by atoms with Crippen LogP contribution in [0.25, 0.3) is 16.8 Å². The molecule has 1 saturated carbocycles.